The van der Waals surface area contributed by atoms with Gasteiger partial charge in [-0.2, -0.15) is 0 Å². The van der Waals surface area contributed by atoms with Crippen LogP contribution in [0.1, 0.15) is 16.5 Å². The van der Waals surface area contributed by atoms with Gasteiger partial charge in [0, 0.05) is 33.1 Å². The van der Waals surface area contributed by atoms with Crippen LogP contribution in [0.2, 0.25) is 5.02 Å². The van der Waals surface area contributed by atoms with Gasteiger partial charge in [-0.1, -0.05) is 29.4 Å². The van der Waals surface area contributed by atoms with Crippen molar-refractivity contribution in [2.45, 2.75) is 17.4 Å². The van der Waals surface area contributed by atoms with Crippen LogP contribution in [0.3, 0.4) is 0 Å². The zero-order valence-corrected chi connectivity index (χ0v) is 15.4. The molecule has 0 aliphatic heterocycles. The van der Waals surface area contributed by atoms with E-state index in [1.807, 2.05) is 41.9 Å². The topological polar surface area (TPSA) is 67.6 Å². The Morgan fingerprint density at radius 2 is 2.04 bits per heavy atom. The molecule has 3 aromatic heterocycles. The predicted octanol–water partition coefficient (Wildman–Crippen LogP) is 5.06. The lowest BCUT2D eigenvalue weighted by Gasteiger charge is -1.97. The second-order valence-electron chi connectivity index (χ2n) is 5.27. The molecule has 1 aromatic carbocycles. The van der Waals surface area contributed by atoms with E-state index in [1.54, 1.807) is 11.3 Å². The minimum Gasteiger partial charge on any atom is -0.416 e. The molecule has 3 heterocycles. The molecule has 25 heavy (non-hydrogen) atoms. The monoisotopic (exact) mass is 388 g/mol. The number of aromatic amines is 1. The van der Waals surface area contributed by atoms with E-state index in [-0.39, 0.29) is 0 Å². The Morgan fingerprint density at radius 1 is 1.16 bits per heavy atom. The van der Waals surface area contributed by atoms with Crippen LogP contribution in [-0.2, 0) is 12.2 Å². The van der Waals surface area contributed by atoms with Crippen LogP contribution < -0.4 is 0 Å². The highest BCUT2D eigenvalue weighted by Crippen LogP contribution is 2.24. The molecule has 5 nitrogen and oxygen atoms in total. The molecule has 4 aromatic rings. The second kappa shape index (κ2) is 7.43. The number of thioether (sulfide) groups is 1. The zero-order chi connectivity index (χ0) is 17.1. The van der Waals surface area contributed by atoms with E-state index in [9.17, 15) is 0 Å². The van der Waals surface area contributed by atoms with Crippen LogP contribution in [0.4, 0.5) is 0 Å². The molecule has 0 radical (unpaired) electrons. The Labute approximate surface area is 157 Å². The first-order valence-corrected chi connectivity index (χ1v) is 9.78. The van der Waals surface area contributed by atoms with Crippen molar-refractivity contribution >= 4 is 34.7 Å². The molecule has 0 spiro atoms. The molecular formula is C17H13ClN4OS2. The van der Waals surface area contributed by atoms with Gasteiger partial charge < -0.3 is 9.40 Å². The first-order valence-electron chi connectivity index (χ1n) is 7.53. The van der Waals surface area contributed by atoms with E-state index >= 15 is 0 Å². The molecule has 0 aliphatic rings. The smallest absolute Gasteiger partial charge is 0.276 e. The number of aromatic nitrogens is 4. The van der Waals surface area contributed by atoms with Gasteiger partial charge in [-0.25, -0.2) is 4.98 Å². The molecule has 0 unspecified atom stereocenters. The summed E-state index contributed by atoms with van der Waals surface area (Å²) in [7, 11) is 0. The van der Waals surface area contributed by atoms with Gasteiger partial charge in [-0.05, 0) is 35.7 Å². The SMILES string of the molecule is Clc1ccc(-c2ncc(CSc3nnc(Cc4cccs4)o3)[nH]2)cc1. The molecule has 0 saturated carbocycles. The summed E-state index contributed by atoms with van der Waals surface area (Å²) in [5.74, 6) is 2.13. The Bertz CT molecular complexity index is 947. The standard InChI is InChI=1S/C17H13ClN4OS2/c18-12-5-3-11(4-6-12)16-19-9-13(20-16)10-25-17-22-21-15(23-17)8-14-2-1-7-24-14/h1-7,9H,8,10H2,(H,19,20). The third-order valence-electron chi connectivity index (χ3n) is 3.45. The molecule has 0 aliphatic carbocycles. The van der Waals surface area contributed by atoms with Crippen molar-refractivity contribution in [3.63, 3.8) is 0 Å². The fourth-order valence-electron chi connectivity index (χ4n) is 2.26. The van der Waals surface area contributed by atoms with Crippen LogP contribution in [0.15, 0.2) is 57.6 Å². The number of H-pyrrole nitrogens is 1. The lowest BCUT2D eigenvalue weighted by atomic mass is 10.2. The fourth-order valence-corrected chi connectivity index (χ4v) is 3.76. The van der Waals surface area contributed by atoms with Crippen molar-refractivity contribution in [1.29, 1.82) is 0 Å². The maximum atomic E-state index is 5.91. The molecular weight excluding hydrogens is 376 g/mol. The van der Waals surface area contributed by atoms with Crippen molar-refractivity contribution in [3.05, 3.63) is 69.5 Å². The number of nitrogens with one attached hydrogen (secondary N) is 1. The minimum absolute atomic E-state index is 0.564. The number of nitrogens with zero attached hydrogens (tertiary/aromatic N) is 3. The Balaban J connectivity index is 1.37. The maximum Gasteiger partial charge on any atom is 0.276 e. The van der Waals surface area contributed by atoms with Crippen LogP contribution in [0.5, 0.6) is 0 Å². The summed E-state index contributed by atoms with van der Waals surface area (Å²) >= 11 is 9.08. The molecule has 4 rings (SSSR count). The minimum atomic E-state index is 0.564. The number of rotatable bonds is 6. The normalized spacial score (nSPS) is 11.1. The number of thiophene rings is 1. The highest BCUT2D eigenvalue weighted by Gasteiger charge is 2.10. The molecule has 8 heteroatoms. The van der Waals surface area contributed by atoms with Gasteiger partial charge in [0.05, 0.1) is 6.42 Å². The zero-order valence-electron chi connectivity index (χ0n) is 13.0. The van der Waals surface area contributed by atoms with Crippen molar-refractivity contribution in [3.8, 4) is 11.4 Å². The molecule has 0 bridgehead atoms. The van der Waals surface area contributed by atoms with E-state index in [4.69, 9.17) is 16.0 Å². The highest BCUT2D eigenvalue weighted by molar-refractivity contribution is 7.98. The summed E-state index contributed by atoms with van der Waals surface area (Å²) in [5.41, 5.74) is 1.99. The summed E-state index contributed by atoms with van der Waals surface area (Å²) in [5, 5.41) is 11.5. The average Bonchev–Trinajstić information content (AvgIpc) is 3.36. The van der Waals surface area contributed by atoms with Crippen molar-refractivity contribution < 1.29 is 4.42 Å². The molecule has 0 amide bonds. The molecule has 126 valence electrons. The highest BCUT2D eigenvalue weighted by atomic mass is 35.5. The van der Waals surface area contributed by atoms with Gasteiger partial charge in [0.1, 0.15) is 5.82 Å². The summed E-state index contributed by atoms with van der Waals surface area (Å²) in [4.78, 5) is 8.92. The van der Waals surface area contributed by atoms with E-state index in [1.165, 1.54) is 16.6 Å². The van der Waals surface area contributed by atoms with E-state index in [0.29, 0.717) is 28.3 Å². The van der Waals surface area contributed by atoms with Crippen molar-refractivity contribution in [2.75, 3.05) is 0 Å². The molecule has 0 atom stereocenters. The van der Waals surface area contributed by atoms with E-state index in [2.05, 4.69) is 26.2 Å². The number of halogens is 1. The van der Waals surface area contributed by atoms with Gasteiger partial charge >= 0.3 is 0 Å². The van der Waals surface area contributed by atoms with E-state index < -0.39 is 0 Å². The summed E-state index contributed by atoms with van der Waals surface area (Å²) < 4.78 is 5.68. The van der Waals surface area contributed by atoms with Crippen LogP contribution in [0.25, 0.3) is 11.4 Å². The Kier molecular flexibility index (Phi) is 4.87. The predicted molar refractivity (Wildman–Crippen MR) is 100 cm³/mol. The lowest BCUT2D eigenvalue weighted by Crippen LogP contribution is -1.83. The number of benzene rings is 1. The largest absolute Gasteiger partial charge is 0.416 e. The Morgan fingerprint density at radius 3 is 2.84 bits per heavy atom. The second-order valence-corrected chi connectivity index (χ2v) is 7.67. The Hall–Kier alpha value is -2.09. The van der Waals surface area contributed by atoms with Crippen LogP contribution in [0, 0.1) is 0 Å². The van der Waals surface area contributed by atoms with Gasteiger partial charge in [-0.15, -0.1) is 21.5 Å². The molecule has 0 fully saturated rings. The van der Waals surface area contributed by atoms with Crippen LogP contribution in [-0.4, -0.2) is 20.2 Å². The lowest BCUT2D eigenvalue weighted by molar-refractivity contribution is 0.421. The first-order chi connectivity index (χ1) is 12.3. The maximum absolute atomic E-state index is 5.91. The first kappa shape index (κ1) is 16.4. The van der Waals surface area contributed by atoms with Gasteiger partial charge in [0.15, 0.2) is 0 Å². The van der Waals surface area contributed by atoms with E-state index in [0.717, 1.165) is 17.1 Å². The molecule has 1 N–H and O–H groups in total. The van der Waals surface area contributed by atoms with Crippen LogP contribution >= 0.6 is 34.7 Å². The summed E-state index contributed by atoms with van der Waals surface area (Å²) in [6, 6.07) is 11.6. The van der Waals surface area contributed by atoms with Gasteiger partial charge in [0.25, 0.3) is 5.22 Å². The fraction of sp³-hybridized carbons (Fsp3) is 0.118. The van der Waals surface area contributed by atoms with Gasteiger partial charge in [0.2, 0.25) is 5.89 Å². The average molecular weight is 389 g/mol. The van der Waals surface area contributed by atoms with Gasteiger partial charge in [-0.3, -0.25) is 0 Å². The number of hydrogen-bond acceptors (Lipinski definition) is 6. The van der Waals surface area contributed by atoms with Crippen molar-refractivity contribution in [1.82, 2.24) is 20.2 Å². The third-order valence-corrected chi connectivity index (χ3v) is 5.45. The summed E-state index contributed by atoms with van der Waals surface area (Å²) in [6.07, 6.45) is 2.50. The third kappa shape index (κ3) is 4.12. The molecule has 0 saturated heterocycles. The number of hydrogen-bond donors (Lipinski definition) is 1. The quantitative estimate of drug-likeness (QED) is 0.468. The number of imidazole rings is 1. The van der Waals surface area contributed by atoms with Crippen molar-refractivity contribution in [2.24, 2.45) is 0 Å². The summed E-state index contributed by atoms with van der Waals surface area (Å²) in [6.45, 7) is 0.